The van der Waals surface area contributed by atoms with Crippen molar-refractivity contribution in [1.29, 1.82) is 0 Å². The third kappa shape index (κ3) is 1.74. The van der Waals surface area contributed by atoms with Gasteiger partial charge in [-0.05, 0) is 23.3 Å². The average molecular weight is 253 g/mol. The van der Waals surface area contributed by atoms with Gasteiger partial charge in [0, 0.05) is 18.4 Å². The molecule has 0 atom stereocenters. The lowest BCUT2D eigenvalue weighted by Gasteiger charge is -2.34. The molecule has 2 aromatic rings. The fourth-order valence-electron chi connectivity index (χ4n) is 2.81. The number of fused-ring (bicyclic) bond motifs is 2. The lowest BCUT2D eigenvalue weighted by atomic mass is 9.82. The number of ketones is 1. The molecule has 0 aromatic heterocycles. The molecule has 0 fully saturated rings. The molecule has 0 radical (unpaired) electrons. The zero-order valence-corrected chi connectivity index (χ0v) is 10.7. The predicted molar refractivity (Wildman–Crippen MR) is 74.9 cm³/mol. The zero-order chi connectivity index (χ0) is 13.4. The van der Waals surface area contributed by atoms with Gasteiger partial charge in [0.2, 0.25) is 0 Å². The molecule has 0 spiro atoms. The molecule has 0 saturated carbocycles. The molecule has 3 heteroatoms. The molecule has 3 rings (SSSR count). The Labute approximate surface area is 112 Å². The summed E-state index contributed by atoms with van der Waals surface area (Å²) in [7, 11) is 2.00. The third-order valence-electron chi connectivity index (χ3n) is 3.70. The van der Waals surface area contributed by atoms with E-state index in [0.717, 1.165) is 22.5 Å². The Balaban J connectivity index is 2.26. The number of carbonyl (C=O) groups excluding carboxylic acids is 1. The molecule has 1 heterocycles. The van der Waals surface area contributed by atoms with E-state index >= 15 is 0 Å². The van der Waals surface area contributed by atoms with Crippen molar-refractivity contribution in [3.05, 3.63) is 59.7 Å². The van der Waals surface area contributed by atoms with Crippen LogP contribution in [0.4, 0.5) is 11.4 Å². The fraction of sp³-hybridized carbons (Fsp3) is 0.188. The number of rotatable bonds is 2. The van der Waals surface area contributed by atoms with Crippen LogP contribution < -0.4 is 4.90 Å². The highest BCUT2D eigenvalue weighted by Gasteiger charge is 2.32. The van der Waals surface area contributed by atoms with Crippen LogP contribution in [0, 0.1) is 0 Å². The molecule has 0 saturated heterocycles. The maximum Gasteiger partial charge on any atom is 0.170 e. The molecule has 2 aromatic carbocycles. The number of benzene rings is 2. The van der Waals surface area contributed by atoms with Gasteiger partial charge in [0.15, 0.2) is 5.78 Å². The van der Waals surface area contributed by atoms with Crippen LogP contribution in [-0.4, -0.2) is 24.5 Å². The summed E-state index contributed by atoms with van der Waals surface area (Å²) in [6.45, 7) is -0.433. The molecular formula is C16H15NO2. The van der Waals surface area contributed by atoms with E-state index in [4.69, 9.17) is 0 Å². The van der Waals surface area contributed by atoms with E-state index in [9.17, 15) is 9.90 Å². The maximum absolute atomic E-state index is 12.1. The van der Waals surface area contributed by atoms with Gasteiger partial charge >= 0.3 is 0 Å². The Morgan fingerprint density at radius 1 is 1.05 bits per heavy atom. The molecule has 3 nitrogen and oxygen atoms in total. The lowest BCUT2D eigenvalue weighted by molar-refractivity contribution is -0.122. The number of hydrogen-bond donors (Lipinski definition) is 1. The smallest absolute Gasteiger partial charge is 0.170 e. The van der Waals surface area contributed by atoms with Gasteiger partial charge in [0.1, 0.15) is 6.61 Å². The number of Topliss-reactive ketones (excluding diaryl/α,β-unsaturated/α-hetero) is 1. The van der Waals surface area contributed by atoms with E-state index < -0.39 is 6.61 Å². The highest BCUT2D eigenvalue weighted by atomic mass is 16.3. The number of aliphatic hydroxyl groups excluding tert-OH is 1. The van der Waals surface area contributed by atoms with Crippen LogP contribution in [0.3, 0.4) is 0 Å². The largest absolute Gasteiger partial charge is 0.389 e. The maximum atomic E-state index is 12.1. The lowest BCUT2D eigenvalue weighted by Crippen LogP contribution is -2.27. The number of para-hydroxylation sites is 2. The van der Waals surface area contributed by atoms with Crippen LogP contribution in [0.15, 0.2) is 48.5 Å². The number of hydrogen-bond acceptors (Lipinski definition) is 3. The van der Waals surface area contributed by atoms with Crippen molar-refractivity contribution >= 4 is 17.2 Å². The molecule has 0 unspecified atom stereocenters. The number of carbonyl (C=O) groups is 1. The summed E-state index contributed by atoms with van der Waals surface area (Å²) in [6.07, 6.45) is 0. The zero-order valence-electron chi connectivity index (χ0n) is 10.7. The van der Waals surface area contributed by atoms with Crippen molar-refractivity contribution in [3.8, 4) is 0 Å². The van der Waals surface area contributed by atoms with E-state index in [1.54, 1.807) is 0 Å². The summed E-state index contributed by atoms with van der Waals surface area (Å²) in [5.41, 5.74) is 3.96. The Morgan fingerprint density at radius 3 is 2.00 bits per heavy atom. The minimum atomic E-state index is -0.433. The van der Waals surface area contributed by atoms with Gasteiger partial charge in [-0.1, -0.05) is 36.4 Å². The molecule has 1 aliphatic heterocycles. The van der Waals surface area contributed by atoms with Crippen molar-refractivity contribution < 1.29 is 9.90 Å². The van der Waals surface area contributed by atoms with Crippen LogP contribution in [0.2, 0.25) is 0 Å². The van der Waals surface area contributed by atoms with Gasteiger partial charge in [0.25, 0.3) is 0 Å². The normalized spacial score (nSPS) is 13.9. The number of anilines is 2. The number of nitrogens with zero attached hydrogens (tertiary/aromatic N) is 1. The summed E-state index contributed by atoms with van der Waals surface area (Å²) < 4.78 is 0. The van der Waals surface area contributed by atoms with Gasteiger partial charge in [0.05, 0.1) is 5.92 Å². The van der Waals surface area contributed by atoms with E-state index in [0.29, 0.717) is 0 Å². The Morgan fingerprint density at radius 2 is 1.53 bits per heavy atom. The second-order valence-electron chi connectivity index (χ2n) is 4.73. The van der Waals surface area contributed by atoms with Gasteiger partial charge in [-0.25, -0.2) is 0 Å². The Hall–Kier alpha value is -2.13. The first kappa shape index (κ1) is 11.9. The summed E-state index contributed by atoms with van der Waals surface area (Å²) in [4.78, 5) is 14.2. The van der Waals surface area contributed by atoms with Crippen LogP contribution in [0.5, 0.6) is 0 Å². The third-order valence-corrected chi connectivity index (χ3v) is 3.70. The van der Waals surface area contributed by atoms with Crippen LogP contribution in [0.25, 0.3) is 0 Å². The minimum Gasteiger partial charge on any atom is -0.389 e. The summed E-state index contributed by atoms with van der Waals surface area (Å²) in [5.74, 6) is -0.526. The van der Waals surface area contributed by atoms with Crippen molar-refractivity contribution in [2.45, 2.75) is 5.92 Å². The van der Waals surface area contributed by atoms with Crippen LogP contribution in [-0.2, 0) is 4.79 Å². The quantitative estimate of drug-likeness (QED) is 0.893. The van der Waals surface area contributed by atoms with Gasteiger partial charge in [-0.15, -0.1) is 0 Å². The van der Waals surface area contributed by atoms with E-state index in [2.05, 4.69) is 4.90 Å². The molecule has 1 aliphatic rings. The van der Waals surface area contributed by atoms with E-state index in [1.165, 1.54) is 0 Å². The minimum absolute atomic E-state index is 0.159. The van der Waals surface area contributed by atoms with Gasteiger partial charge in [-0.2, -0.15) is 0 Å². The second-order valence-corrected chi connectivity index (χ2v) is 4.73. The Kier molecular flexibility index (Phi) is 2.84. The first-order valence-electron chi connectivity index (χ1n) is 6.29. The van der Waals surface area contributed by atoms with Gasteiger partial charge in [-0.3, -0.25) is 4.79 Å². The van der Waals surface area contributed by atoms with E-state index in [-0.39, 0.29) is 11.7 Å². The fourth-order valence-corrected chi connectivity index (χ4v) is 2.81. The molecule has 19 heavy (non-hydrogen) atoms. The van der Waals surface area contributed by atoms with E-state index in [1.807, 2.05) is 55.6 Å². The van der Waals surface area contributed by atoms with Crippen molar-refractivity contribution in [2.24, 2.45) is 0 Å². The SMILES string of the molecule is CN1c2ccccc2C(C(=O)CO)c2ccccc21. The second kappa shape index (κ2) is 4.52. The molecule has 1 N–H and O–H groups in total. The monoisotopic (exact) mass is 253 g/mol. The molecule has 0 amide bonds. The standard InChI is InChI=1S/C16H15NO2/c1-17-13-8-4-2-6-11(13)16(15(19)10-18)12-7-3-5-9-14(12)17/h2-9,16,18H,10H2,1H3. The molecule has 0 bridgehead atoms. The summed E-state index contributed by atoms with van der Waals surface area (Å²) in [6, 6.07) is 15.7. The first-order valence-corrected chi connectivity index (χ1v) is 6.29. The molecule has 0 aliphatic carbocycles. The highest BCUT2D eigenvalue weighted by Crippen LogP contribution is 2.44. The molecular weight excluding hydrogens is 238 g/mol. The average Bonchev–Trinajstić information content (AvgIpc) is 2.47. The Bertz CT molecular complexity index is 589. The van der Waals surface area contributed by atoms with Gasteiger partial charge < -0.3 is 10.0 Å². The van der Waals surface area contributed by atoms with Crippen molar-refractivity contribution in [2.75, 3.05) is 18.6 Å². The number of aliphatic hydroxyl groups is 1. The van der Waals surface area contributed by atoms with Crippen LogP contribution in [0.1, 0.15) is 17.0 Å². The van der Waals surface area contributed by atoms with Crippen molar-refractivity contribution in [1.82, 2.24) is 0 Å². The van der Waals surface area contributed by atoms with Crippen LogP contribution >= 0.6 is 0 Å². The first-order chi connectivity index (χ1) is 9.24. The molecule has 96 valence electrons. The topological polar surface area (TPSA) is 40.5 Å². The predicted octanol–water partition coefficient (Wildman–Crippen LogP) is 2.46. The van der Waals surface area contributed by atoms with Crippen molar-refractivity contribution in [3.63, 3.8) is 0 Å². The summed E-state index contributed by atoms with van der Waals surface area (Å²) in [5, 5.41) is 9.24. The highest BCUT2D eigenvalue weighted by molar-refractivity contribution is 5.96. The summed E-state index contributed by atoms with van der Waals surface area (Å²) >= 11 is 0.